The van der Waals surface area contributed by atoms with Crippen LogP contribution in [0.15, 0.2) is 24.3 Å². The average molecular weight is 275 g/mol. The predicted molar refractivity (Wildman–Crippen MR) is 87.2 cm³/mol. The Morgan fingerprint density at radius 1 is 1.25 bits per heavy atom. The van der Waals surface area contributed by atoms with Crippen LogP contribution < -0.4 is 10.6 Å². The standard InChI is InChI=1S/C17H29N3/c1-4-16(18)15-7-5-6-8-17(15)20-11-9-14(10-12-20)13-19(2)3/h5-8,14,16H,4,9-13,18H2,1-3H3. The van der Waals surface area contributed by atoms with E-state index >= 15 is 0 Å². The molecule has 0 aliphatic carbocycles. The Hall–Kier alpha value is -1.06. The van der Waals surface area contributed by atoms with E-state index in [0.29, 0.717) is 0 Å². The van der Waals surface area contributed by atoms with E-state index in [2.05, 4.69) is 55.1 Å². The van der Waals surface area contributed by atoms with Gasteiger partial charge in [0.15, 0.2) is 0 Å². The van der Waals surface area contributed by atoms with E-state index in [-0.39, 0.29) is 6.04 Å². The van der Waals surface area contributed by atoms with Gasteiger partial charge in [-0.1, -0.05) is 25.1 Å². The zero-order chi connectivity index (χ0) is 14.5. The van der Waals surface area contributed by atoms with Crippen LogP contribution in [0.4, 0.5) is 5.69 Å². The molecule has 2 rings (SSSR count). The maximum atomic E-state index is 6.26. The summed E-state index contributed by atoms with van der Waals surface area (Å²) in [5.41, 5.74) is 8.92. The van der Waals surface area contributed by atoms with Gasteiger partial charge in [-0.2, -0.15) is 0 Å². The van der Waals surface area contributed by atoms with Crippen LogP contribution in [-0.2, 0) is 0 Å². The molecule has 0 radical (unpaired) electrons. The lowest BCUT2D eigenvalue weighted by Gasteiger charge is -2.36. The Kier molecular flexibility index (Phi) is 5.44. The second kappa shape index (κ2) is 7.09. The number of anilines is 1. The van der Waals surface area contributed by atoms with Gasteiger partial charge in [0, 0.05) is 31.4 Å². The Morgan fingerprint density at radius 3 is 2.50 bits per heavy atom. The van der Waals surface area contributed by atoms with E-state index in [1.165, 1.54) is 30.6 Å². The summed E-state index contributed by atoms with van der Waals surface area (Å²) < 4.78 is 0. The van der Waals surface area contributed by atoms with Crippen LogP contribution >= 0.6 is 0 Å². The molecule has 0 aromatic heterocycles. The SMILES string of the molecule is CCC(N)c1ccccc1N1CCC(CN(C)C)CC1. The Balaban J connectivity index is 2.03. The van der Waals surface area contributed by atoms with E-state index in [1.807, 2.05) is 0 Å². The summed E-state index contributed by atoms with van der Waals surface area (Å²) >= 11 is 0. The number of hydrogen-bond acceptors (Lipinski definition) is 3. The summed E-state index contributed by atoms with van der Waals surface area (Å²) in [6, 6.07) is 8.82. The predicted octanol–water partition coefficient (Wildman–Crippen LogP) is 2.87. The van der Waals surface area contributed by atoms with E-state index in [1.54, 1.807) is 0 Å². The van der Waals surface area contributed by atoms with Gasteiger partial charge >= 0.3 is 0 Å². The van der Waals surface area contributed by atoms with Gasteiger partial charge in [-0.25, -0.2) is 0 Å². The molecule has 0 saturated carbocycles. The lowest BCUT2D eigenvalue weighted by molar-refractivity contribution is 0.285. The zero-order valence-corrected chi connectivity index (χ0v) is 13.2. The molecule has 1 aliphatic heterocycles. The van der Waals surface area contributed by atoms with Crippen LogP contribution in [0, 0.1) is 5.92 Å². The fourth-order valence-corrected chi connectivity index (χ4v) is 3.18. The fraction of sp³-hybridized carbons (Fsp3) is 0.647. The first-order valence-electron chi connectivity index (χ1n) is 7.86. The number of hydrogen-bond donors (Lipinski definition) is 1. The van der Waals surface area contributed by atoms with Crippen LogP contribution in [0.5, 0.6) is 0 Å². The first kappa shape index (κ1) is 15.3. The molecule has 112 valence electrons. The van der Waals surface area contributed by atoms with Crippen LogP contribution in [-0.4, -0.2) is 38.6 Å². The van der Waals surface area contributed by atoms with Gasteiger partial charge in [-0.15, -0.1) is 0 Å². The third kappa shape index (κ3) is 3.74. The molecule has 1 saturated heterocycles. The molecule has 2 N–H and O–H groups in total. The van der Waals surface area contributed by atoms with E-state index in [0.717, 1.165) is 25.4 Å². The molecule has 0 spiro atoms. The first-order valence-corrected chi connectivity index (χ1v) is 7.86. The van der Waals surface area contributed by atoms with Gasteiger partial charge in [0.05, 0.1) is 0 Å². The normalized spacial score (nSPS) is 18.6. The molecule has 1 unspecified atom stereocenters. The highest BCUT2D eigenvalue weighted by Gasteiger charge is 2.22. The molecule has 1 heterocycles. The molecule has 1 aromatic carbocycles. The molecule has 3 nitrogen and oxygen atoms in total. The second-order valence-electron chi connectivity index (χ2n) is 6.27. The molecular weight excluding hydrogens is 246 g/mol. The Labute approximate surface area is 123 Å². The zero-order valence-electron chi connectivity index (χ0n) is 13.2. The summed E-state index contributed by atoms with van der Waals surface area (Å²) in [5, 5.41) is 0. The highest BCUT2D eigenvalue weighted by molar-refractivity contribution is 5.55. The number of rotatable bonds is 5. The van der Waals surface area contributed by atoms with Crippen LogP contribution in [0.3, 0.4) is 0 Å². The van der Waals surface area contributed by atoms with Crippen LogP contribution in [0.1, 0.15) is 37.8 Å². The number of para-hydroxylation sites is 1. The third-order valence-electron chi connectivity index (χ3n) is 4.35. The third-order valence-corrected chi connectivity index (χ3v) is 4.35. The minimum atomic E-state index is 0.158. The summed E-state index contributed by atoms with van der Waals surface area (Å²) in [6.07, 6.45) is 3.57. The quantitative estimate of drug-likeness (QED) is 0.897. The highest BCUT2D eigenvalue weighted by atomic mass is 15.1. The Bertz CT molecular complexity index is 408. The van der Waals surface area contributed by atoms with Gasteiger partial charge < -0.3 is 15.5 Å². The fourth-order valence-electron chi connectivity index (χ4n) is 3.18. The lowest BCUT2D eigenvalue weighted by atomic mass is 9.94. The minimum absolute atomic E-state index is 0.158. The van der Waals surface area contributed by atoms with Crippen molar-refractivity contribution in [1.29, 1.82) is 0 Å². The van der Waals surface area contributed by atoms with Gasteiger partial charge in [0.2, 0.25) is 0 Å². The monoisotopic (exact) mass is 275 g/mol. The number of piperidine rings is 1. The topological polar surface area (TPSA) is 32.5 Å². The summed E-state index contributed by atoms with van der Waals surface area (Å²) in [4.78, 5) is 4.83. The van der Waals surface area contributed by atoms with Crippen molar-refractivity contribution in [2.75, 3.05) is 38.6 Å². The van der Waals surface area contributed by atoms with Crippen molar-refractivity contribution in [3.8, 4) is 0 Å². The summed E-state index contributed by atoms with van der Waals surface area (Å²) in [6.45, 7) is 5.69. The molecular formula is C17H29N3. The van der Waals surface area contributed by atoms with Gasteiger partial charge in [0.1, 0.15) is 0 Å². The average Bonchev–Trinajstić information content (AvgIpc) is 2.46. The second-order valence-corrected chi connectivity index (χ2v) is 6.27. The smallest absolute Gasteiger partial charge is 0.0414 e. The van der Waals surface area contributed by atoms with E-state index in [9.17, 15) is 0 Å². The van der Waals surface area contributed by atoms with Gasteiger partial charge in [0.25, 0.3) is 0 Å². The largest absolute Gasteiger partial charge is 0.371 e. The minimum Gasteiger partial charge on any atom is -0.371 e. The van der Waals surface area contributed by atoms with Crippen molar-refractivity contribution in [2.45, 2.75) is 32.2 Å². The molecule has 1 aliphatic rings. The summed E-state index contributed by atoms with van der Waals surface area (Å²) in [5.74, 6) is 0.841. The molecule has 0 amide bonds. The number of benzene rings is 1. The van der Waals surface area contributed by atoms with E-state index in [4.69, 9.17) is 5.73 Å². The number of nitrogens with zero attached hydrogens (tertiary/aromatic N) is 2. The maximum Gasteiger partial charge on any atom is 0.0414 e. The van der Waals surface area contributed by atoms with Crippen LogP contribution in [0.2, 0.25) is 0 Å². The molecule has 1 atom stereocenters. The summed E-state index contributed by atoms with van der Waals surface area (Å²) in [7, 11) is 4.34. The molecule has 1 aromatic rings. The van der Waals surface area contributed by atoms with Crippen molar-refractivity contribution in [2.24, 2.45) is 11.7 Å². The van der Waals surface area contributed by atoms with Crippen molar-refractivity contribution >= 4 is 5.69 Å². The molecule has 1 fully saturated rings. The van der Waals surface area contributed by atoms with E-state index < -0.39 is 0 Å². The lowest BCUT2D eigenvalue weighted by Crippen LogP contribution is -2.37. The first-order chi connectivity index (χ1) is 9.61. The molecule has 3 heteroatoms. The van der Waals surface area contributed by atoms with Crippen molar-refractivity contribution < 1.29 is 0 Å². The van der Waals surface area contributed by atoms with Crippen LogP contribution in [0.25, 0.3) is 0 Å². The van der Waals surface area contributed by atoms with Crippen molar-refractivity contribution in [3.05, 3.63) is 29.8 Å². The van der Waals surface area contributed by atoms with Crippen molar-refractivity contribution in [3.63, 3.8) is 0 Å². The number of nitrogens with two attached hydrogens (primary N) is 1. The van der Waals surface area contributed by atoms with Crippen molar-refractivity contribution in [1.82, 2.24) is 4.90 Å². The van der Waals surface area contributed by atoms with Gasteiger partial charge in [-0.05, 0) is 50.9 Å². The molecule has 0 bridgehead atoms. The maximum absolute atomic E-state index is 6.26. The highest BCUT2D eigenvalue weighted by Crippen LogP contribution is 2.30. The molecule has 20 heavy (non-hydrogen) atoms. The Morgan fingerprint density at radius 2 is 1.90 bits per heavy atom. The van der Waals surface area contributed by atoms with Gasteiger partial charge in [-0.3, -0.25) is 0 Å².